The maximum absolute atomic E-state index is 10.8. The number of nitrogens with one attached hydrogen (secondary N) is 1. The number of hydrogen-bond acceptors (Lipinski definition) is 4. The minimum absolute atomic E-state index is 0.142. The molecule has 1 aromatic carbocycles. The van der Waals surface area contributed by atoms with Crippen molar-refractivity contribution >= 4 is 17.9 Å². The molecule has 0 saturated heterocycles. The van der Waals surface area contributed by atoms with E-state index in [4.69, 9.17) is 4.74 Å². The normalized spacial score (nSPS) is 9.47. The molecule has 15 heavy (non-hydrogen) atoms. The van der Waals surface area contributed by atoms with Gasteiger partial charge < -0.3 is 15.2 Å². The molecule has 0 spiro atoms. The molecule has 5 nitrogen and oxygen atoms in total. The van der Waals surface area contributed by atoms with Gasteiger partial charge in [-0.25, -0.2) is 0 Å². The average molecular weight is 209 g/mol. The van der Waals surface area contributed by atoms with Crippen LogP contribution in [-0.4, -0.2) is 24.4 Å². The highest BCUT2D eigenvalue weighted by Crippen LogP contribution is 2.34. The van der Waals surface area contributed by atoms with Crippen LogP contribution in [0, 0.1) is 0 Å². The molecule has 0 aromatic heterocycles. The summed E-state index contributed by atoms with van der Waals surface area (Å²) in [5.74, 6) is -0.392. The van der Waals surface area contributed by atoms with Crippen LogP contribution in [0.25, 0.3) is 0 Å². The van der Waals surface area contributed by atoms with Gasteiger partial charge in [0.15, 0.2) is 11.5 Å². The Hall–Kier alpha value is -2.04. The molecule has 0 unspecified atom stereocenters. The van der Waals surface area contributed by atoms with Gasteiger partial charge in [0.25, 0.3) is 0 Å². The van der Waals surface area contributed by atoms with E-state index in [1.807, 2.05) is 0 Å². The second-order valence-corrected chi connectivity index (χ2v) is 2.92. The van der Waals surface area contributed by atoms with E-state index in [9.17, 15) is 14.7 Å². The Morgan fingerprint density at radius 2 is 2.20 bits per heavy atom. The summed E-state index contributed by atoms with van der Waals surface area (Å²) in [5.41, 5.74) is 0.470. The van der Waals surface area contributed by atoms with Crippen molar-refractivity contribution in [1.82, 2.24) is 0 Å². The summed E-state index contributed by atoms with van der Waals surface area (Å²) in [7, 11) is 1.36. The molecule has 0 aliphatic rings. The molecule has 1 aromatic rings. The Labute approximate surface area is 86.7 Å². The first kappa shape index (κ1) is 11.0. The second-order valence-electron chi connectivity index (χ2n) is 2.92. The Morgan fingerprint density at radius 3 is 2.67 bits per heavy atom. The smallest absolute Gasteiger partial charge is 0.221 e. The number of ether oxygens (including phenoxy) is 1. The fourth-order valence-corrected chi connectivity index (χ4v) is 1.14. The number of benzene rings is 1. The lowest BCUT2D eigenvalue weighted by Gasteiger charge is -2.09. The molecule has 0 fully saturated rings. The zero-order chi connectivity index (χ0) is 11.4. The van der Waals surface area contributed by atoms with Crippen LogP contribution >= 0.6 is 0 Å². The molecule has 0 radical (unpaired) electrons. The summed E-state index contributed by atoms with van der Waals surface area (Å²) in [6.45, 7) is 1.31. The van der Waals surface area contributed by atoms with Crippen molar-refractivity contribution in [2.24, 2.45) is 0 Å². The van der Waals surface area contributed by atoms with Gasteiger partial charge in [-0.05, 0) is 12.1 Å². The Balaban J connectivity index is 3.23. The van der Waals surface area contributed by atoms with E-state index in [1.54, 1.807) is 0 Å². The maximum Gasteiger partial charge on any atom is 0.221 e. The van der Waals surface area contributed by atoms with Crippen LogP contribution in [0.3, 0.4) is 0 Å². The highest BCUT2D eigenvalue weighted by Gasteiger charge is 2.11. The van der Waals surface area contributed by atoms with Gasteiger partial charge >= 0.3 is 0 Å². The Bertz CT molecular complexity index is 401. The van der Waals surface area contributed by atoms with E-state index in [2.05, 4.69) is 5.32 Å². The van der Waals surface area contributed by atoms with Gasteiger partial charge in [0.1, 0.15) is 6.29 Å². The quantitative estimate of drug-likeness (QED) is 0.578. The molecular weight excluding hydrogens is 198 g/mol. The molecule has 5 heteroatoms. The number of aromatic hydroxyl groups is 1. The number of carbonyl (C=O) groups excluding carboxylic acids is 2. The van der Waals surface area contributed by atoms with Crippen molar-refractivity contribution < 1.29 is 19.4 Å². The summed E-state index contributed by atoms with van der Waals surface area (Å²) < 4.78 is 4.85. The largest absolute Gasteiger partial charge is 0.503 e. The standard InChI is InChI=1S/C10H11NO4/c1-6(13)11-8-3-7(5-12)4-9(15-2)10(8)14/h3-5,14H,1-2H3,(H,11,13). The van der Waals surface area contributed by atoms with Gasteiger partial charge in [-0.3, -0.25) is 9.59 Å². The molecule has 80 valence electrons. The molecule has 0 bridgehead atoms. The first-order valence-corrected chi connectivity index (χ1v) is 4.22. The van der Waals surface area contributed by atoms with E-state index < -0.39 is 0 Å². The lowest BCUT2D eigenvalue weighted by Crippen LogP contribution is -2.06. The topological polar surface area (TPSA) is 75.6 Å². The van der Waals surface area contributed by atoms with E-state index in [0.29, 0.717) is 11.8 Å². The van der Waals surface area contributed by atoms with Gasteiger partial charge in [0.2, 0.25) is 5.91 Å². The SMILES string of the molecule is COc1cc(C=O)cc(NC(C)=O)c1O. The van der Waals surface area contributed by atoms with Gasteiger partial charge in [-0.15, -0.1) is 0 Å². The summed E-state index contributed by atoms with van der Waals surface area (Å²) in [5, 5.41) is 12.0. The zero-order valence-electron chi connectivity index (χ0n) is 8.40. The molecule has 0 aliphatic heterocycles. The number of phenols is 1. The third-order valence-corrected chi connectivity index (χ3v) is 1.76. The van der Waals surface area contributed by atoms with E-state index >= 15 is 0 Å². The molecule has 0 heterocycles. The monoisotopic (exact) mass is 209 g/mol. The minimum Gasteiger partial charge on any atom is -0.503 e. The lowest BCUT2D eigenvalue weighted by molar-refractivity contribution is -0.114. The van der Waals surface area contributed by atoms with Crippen molar-refractivity contribution in [2.45, 2.75) is 6.92 Å². The minimum atomic E-state index is -0.338. The second kappa shape index (κ2) is 4.45. The molecular formula is C10H11NO4. The van der Waals surface area contributed by atoms with Gasteiger partial charge in [0.05, 0.1) is 12.8 Å². The summed E-state index contributed by atoms with van der Waals surface area (Å²) in [6, 6.07) is 2.75. The Morgan fingerprint density at radius 1 is 1.53 bits per heavy atom. The first-order valence-electron chi connectivity index (χ1n) is 4.22. The van der Waals surface area contributed by atoms with E-state index in [-0.39, 0.29) is 23.1 Å². The average Bonchev–Trinajstić information content (AvgIpc) is 2.20. The molecule has 0 atom stereocenters. The first-order chi connectivity index (χ1) is 7.08. The lowest BCUT2D eigenvalue weighted by atomic mass is 10.2. The van der Waals surface area contributed by atoms with Gasteiger partial charge in [0, 0.05) is 12.5 Å². The number of phenolic OH excluding ortho intramolecular Hbond substituents is 1. The zero-order valence-corrected chi connectivity index (χ0v) is 8.40. The third-order valence-electron chi connectivity index (χ3n) is 1.76. The highest BCUT2D eigenvalue weighted by atomic mass is 16.5. The molecule has 2 N–H and O–H groups in total. The predicted octanol–water partition coefficient (Wildman–Crippen LogP) is 1.17. The van der Waals surface area contributed by atoms with Crippen molar-refractivity contribution in [2.75, 3.05) is 12.4 Å². The van der Waals surface area contributed by atoms with Crippen molar-refractivity contribution in [3.63, 3.8) is 0 Å². The van der Waals surface area contributed by atoms with Crippen LogP contribution in [0.1, 0.15) is 17.3 Å². The number of methoxy groups -OCH3 is 1. The molecule has 1 amide bonds. The summed E-state index contributed by atoms with van der Waals surface area (Å²) >= 11 is 0. The Kier molecular flexibility index (Phi) is 3.28. The maximum atomic E-state index is 10.8. The van der Waals surface area contributed by atoms with Crippen LogP contribution in [-0.2, 0) is 4.79 Å². The molecule has 0 saturated carbocycles. The number of anilines is 1. The highest BCUT2D eigenvalue weighted by molar-refractivity contribution is 5.93. The summed E-state index contributed by atoms with van der Waals surface area (Å²) in [4.78, 5) is 21.4. The van der Waals surface area contributed by atoms with Crippen LogP contribution in [0.15, 0.2) is 12.1 Å². The summed E-state index contributed by atoms with van der Waals surface area (Å²) in [6.07, 6.45) is 0.604. The molecule has 0 aliphatic carbocycles. The van der Waals surface area contributed by atoms with Crippen LogP contribution in [0.4, 0.5) is 5.69 Å². The third kappa shape index (κ3) is 2.46. The number of rotatable bonds is 3. The van der Waals surface area contributed by atoms with Crippen LogP contribution in [0.5, 0.6) is 11.5 Å². The molecule has 1 rings (SSSR count). The number of carbonyl (C=O) groups is 2. The number of aldehydes is 1. The number of hydrogen-bond donors (Lipinski definition) is 2. The van der Waals surface area contributed by atoms with Crippen molar-refractivity contribution in [3.05, 3.63) is 17.7 Å². The number of amides is 1. The van der Waals surface area contributed by atoms with Gasteiger partial charge in [-0.1, -0.05) is 0 Å². The van der Waals surface area contributed by atoms with E-state index in [1.165, 1.54) is 26.2 Å². The fraction of sp³-hybridized carbons (Fsp3) is 0.200. The predicted molar refractivity (Wildman–Crippen MR) is 54.4 cm³/mol. The van der Waals surface area contributed by atoms with Crippen molar-refractivity contribution in [1.29, 1.82) is 0 Å². The van der Waals surface area contributed by atoms with Crippen molar-refractivity contribution in [3.8, 4) is 11.5 Å². The van der Waals surface area contributed by atoms with E-state index in [0.717, 1.165) is 0 Å². The van der Waals surface area contributed by atoms with Crippen LogP contribution in [0.2, 0.25) is 0 Å². The van der Waals surface area contributed by atoms with Gasteiger partial charge in [-0.2, -0.15) is 0 Å². The fourth-order valence-electron chi connectivity index (χ4n) is 1.14. The van der Waals surface area contributed by atoms with Crippen LogP contribution < -0.4 is 10.1 Å².